The van der Waals surface area contributed by atoms with Crippen LogP contribution in [0.2, 0.25) is 0 Å². The minimum Gasteiger partial charge on any atom is -0.184 e. The molecule has 2 rings (SSSR count). The third-order valence-corrected chi connectivity index (χ3v) is 3.78. The van der Waals surface area contributed by atoms with Crippen molar-refractivity contribution >= 4 is 48.2 Å². The van der Waals surface area contributed by atoms with Crippen molar-refractivity contribution < 1.29 is 0 Å². The molecule has 0 N–H and O–H groups in total. The number of halogens is 1. The summed E-state index contributed by atoms with van der Waals surface area (Å²) in [5.41, 5.74) is 0. The van der Waals surface area contributed by atoms with Gasteiger partial charge in [0.25, 0.3) is 0 Å². The Kier molecular flexibility index (Phi) is 1.32. The van der Waals surface area contributed by atoms with Crippen LogP contribution in [0.3, 0.4) is 0 Å². The molecule has 0 saturated carbocycles. The van der Waals surface area contributed by atoms with Gasteiger partial charge < -0.3 is 0 Å². The van der Waals surface area contributed by atoms with Crippen molar-refractivity contribution in [3.05, 3.63) is 16.0 Å². The first-order valence-corrected chi connectivity index (χ1v) is 4.81. The molecule has 0 fully saturated rings. The van der Waals surface area contributed by atoms with Gasteiger partial charge in [0.1, 0.15) is 8.62 Å². The number of fused-ring (bicyclic) bond motifs is 1. The summed E-state index contributed by atoms with van der Waals surface area (Å²) in [6.07, 6.45) is 0. The standard InChI is InChI=1S/C5H2BrNS2/c6-4-3-1-2-8-5(3)9-7-4/h1-2H. The smallest absolute Gasteiger partial charge is 0.128 e. The highest BCUT2D eigenvalue weighted by Crippen LogP contribution is 2.30. The van der Waals surface area contributed by atoms with E-state index in [-0.39, 0.29) is 0 Å². The zero-order valence-corrected chi connectivity index (χ0v) is 7.52. The van der Waals surface area contributed by atoms with Gasteiger partial charge in [-0.1, -0.05) is 0 Å². The molecule has 0 aliphatic rings. The second-order valence-electron chi connectivity index (χ2n) is 1.60. The first kappa shape index (κ1) is 5.82. The van der Waals surface area contributed by atoms with Crippen LogP contribution >= 0.6 is 38.8 Å². The molecule has 0 radical (unpaired) electrons. The molecule has 1 nitrogen and oxygen atoms in total. The SMILES string of the molecule is Brc1nsc2sccc12. The number of rotatable bonds is 0. The average Bonchev–Trinajstić information content (AvgIpc) is 2.35. The van der Waals surface area contributed by atoms with E-state index in [9.17, 15) is 0 Å². The highest BCUT2D eigenvalue weighted by molar-refractivity contribution is 9.10. The van der Waals surface area contributed by atoms with Gasteiger partial charge in [-0.25, -0.2) is 0 Å². The Bertz CT molecular complexity index is 324. The van der Waals surface area contributed by atoms with E-state index >= 15 is 0 Å². The minimum absolute atomic E-state index is 0.976. The number of thiophene rings is 1. The molecule has 0 aliphatic carbocycles. The van der Waals surface area contributed by atoms with Gasteiger partial charge in [0.2, 0.25) is 0 Å². The summed E-state index contributed by atoms with van der Waals surface area (Å²) < 4.78 is 6.39. The Morgan fingerprint density at radius 1 is 1.56 bits per heavy atom. The second kappa shape index (κ2) is 2.04. The highest BCUT2D eigenvalue weighted by atomic mass is 79.9. The van der Waals surface area contributed by atoms with Crippen LogP contribution in [0.1, 0.15) is 0 Å². The van der Waals surface area contributed by atoms with Crippen LogP contribution in [0.25, 0.3) is 9.40 Å². The molecule has 2 aromatic heterocycles. The lowest BCUT2D eigenvalue weighted by molar-refractivity contribution is 1.53. The molecular weight excluding hydrogens is 218 g/mol. The summed E-state index contributed by atoms with van der Waals surface area (Å²) in [7, 11) is 0. The van der Waals surface area contributed by atoms with Gasteiger partial charge >= 0.3 is 0 Å². The summed E-state index contributed by atoms with van der Waals surface area (Å²) in [5.74, 6) is 0. The van der Waals surface area contributed by atoms with E-state index in [1.54, 1.807) is 22.9 Å². The molecule has 0 aromatic carbocycles. The normalized spacial score (nSPS) is 10.8. The molecular formula is C5H2BrNS2. The average molecular weight is 220 g/mol. The van der Waals surface area contributed by atoms with E-state index in [0.717, 1.165) is 4.60 Å². The molecule has 2 heterocycles. The molecule has 0 saturated heterocycles. The largest absolute Gasteiger partial charge is 0.184 e. The fraction of sp³-hybridized carbons (Fsp3) is 0. The predicted octanol–water partition coefficient (Wildman–Crippen LogP) is 3.12. The van der Waals surface area contributed by atoms with Crippen molar-refractivity contribution in [1.82, 2.24) is 4.37 Å². The number of hydrogen-bond donors (Lipinski definition) is 0. The second-order valence-corrected chi connectivity index (χ2v) is 4.29. The zero-order valence-electron chi connectivity index (χ0n) is 4.30. The summed E-state index contributed by atoms with van der Waals surface area (Å²) >= 11 is 6.63. The molecule has 0 aliphatic heterocycles. The molecule has 0 atom stereocenters. The Balaban J connectivity index is 2.99. The number of nitrogens with zero attached hydrogens (tertiary/aromatic N) is 1. The first-order valence-electron chi connectivity index (χ1n) is 2.36. The predicted molar refractivity (Wildman–Crippen MR) is 45.2 cm³/mol. The van der Waals surface area contributed by atoms with Crippen LogP contribution in [0.4, 0.5) is 0 Å². The summed E-state index contributed by atoms with van der Waals surface area (Å²) in [5, 5.41) is 3.32. The fourth-order valence-electron chi connectivity index (χ4n) is 0.650. The lowest BCUT2D eigenvalue weighted by Gasteiger charge is -1.70. The number of aromatic nitrogens is 1. The topological polar surface area (TPSA) is 12.9 Å². The lowest BCUT2D eigenvalue weighted by Crippen LogP contribution is -1.53. The minimum atomic E-state index is 0.976. The summed E-state index contributed by atoms with van der Waals surface area (Å²) in [4.78, 5) is 0. The van der Waals surface area contributed by atoms with Gasteiger partial charge in [0.05, 0.1) is 0 Å². The third kappa shape index (κ3) is 0.818. The molecule has 0 amide bonds. The van der Waals surface area contributed by atoms with Crippen molar-refractivity contribution in [2.45, 2.75) is 0 Å². The molecule has 2 aromatic rings. The van der Waals surface area contributed by atoms with Crippen molar-refractivity contribution in [2.75, 3.05) is 0 Å². The van der Waals surface area contributed by atoms with E-state index in [2.05, 4.69) is 31.7 Å². The Morgan fingerprint density at radius 3 is 3.22 bits per heavy atom. The van der Waals surface area contributed by atoms with Crippen molar-refractivity contribution in [1.29, 1.82) is 0 Å². The molecule has 9 heavy (non-hydrogen) atoms. The Hall–Kier alpha value is 0.0700. The van der Waals surface area contributed by atoms with Crippen LogP contribution in [0.5, 0.6) is 0 Å². The molecule has 4 heteroatoms. The van der Waals surface area contributed by atoms with Gasteiger partial charge in [0, 0.05) is 5.39 Å². The fourth-order valence-corrected chi connectivity index (χ4v) is 3.05. The maximum atomic E-state index is 4.12. The van der Waals surface area contributed by atoms with E-state index < -0.39 is 0 Å². The quantitative estimate of drug-likeness (QED) is 0.664. The Morgan fingerprint density at radius 2 is 2.44 bits per heavy atom. The van der Waals surface area contributed by atoms with Crippen molar-refractivity contribution in [3.63, 3.8) is 0 Å². The maximum Gasteiger partial charge on any atom is 0.128 e. The van der Waals surface area contributed by atoms with Gasteiger partial charge in [0.15, 0.2) is 0 Å². The van der Waals surface area contributed by atoms with E-state index in [0.29, 0.717) is 0 Å². The van der Waals surface area contributed by atoms with Crippen molar-refractivity contribution in [3.8, 4) is 0 Å². The van der Waals surface area contributed by atoms with E-state index in [1.807, 2.05) is 0 Å². The van der Waals surface area contributed by atoms with Crippen LogP contribution < -0.4 is 0 Å². The summed E-state index contributed by atoms with van der Waals surface area (Å²) in [6, 6.07) is 2.08. The van der Waals surface area contributed by atoms with E-state index in [4.69, 9.17) is 0 Å². The zero-order chi connectivity index (χ0) is 6.27. The van der Waals surface area contributed by atoms with Gasteiger partial charge in [-0.3, -0.25) is 0 Å². The molecule has 0 spiro atoms. The monoisotopic (exact) mass is 219 g/mol. The maximum absolute atomic E-state index is 4.12. The van der Waals surface area contributed by atoms with Gasteiger partial charge in [-0.05, 0) is 38.9 Å². The third-order valence-electron chi connectivity index (χ3n) is 1.06. The molecule has 46 valence electrons. The molecule has 0 unspecified atom stereocenters. The van der Waals surface area contributed by atoms with Crippen LogP contribution in [0, 0.1) is 0 Å². The lowest BCUT2D eigenvalue weighted by atomic mass is 10.5. The van der Waals surface area contributed by atoms with Crippen molar-refractivity contribution in [2.24, 2.45) is 0 Å². The summed E-state index contributed by atoms with van der Waals surface area (Å²) in [6.45, 7) is 0. The van der Waals surface area contributed by atoms with Crippen LogP contribution in [0.15, 0.2) is 16.0 Å². The van der Waals surface area contributed by atoms with Crippen LogP contribution in [-0.2, 0) is 0 Å². The van der Waals surface area contributed by atoms with E-state index in [1.165, 1.54) is 9.40 Å². The molecule has 0 bridgehead atoms. The van der Waals surface area contributed by atoms with Gasteiger partial charge in [-0.15, -0.1) is 11.3 Å². The number of hydrogen-bond acceptors (Lipinski definition) is 3. The highest BCUT2D eigenvalue weighted by Gasteiger charge is 2.01. The first-order chi connectivity index (χ1) is 4.38. The Labute approximate surface area is 68.6 Å². The van der Waals surface area contributed by atoms with Crippen LogP contribution in [-0.4, -0.2) is 4.37 Å². The van der Waals surface area contributed by atoms with Gasteiger partial charge in [-0.2, -0.15) is 4.37 Å².